The Kier molecular flexibility index (Phi) is 8.93. The van der Waals surface area contributed by atoms with Gasteiger partial charge in [0.1, 0.15) is 0 Å². The number of fused-ring (bicyclic) bond motifs is 4. The minimum Gasteiger partial charge on any atom is -0.310 e. The molecular formula is C53H44N2. The molecule has 3 aliphatic carbocycles. The van der Waals surface area contributed by atoms with Crippen LogP contribution >= 0.6 is 0 Å². The zero-order valence-corrected chi connectivity index (χ0v) is 31.8. The zero-order chi connectivity index (χ0) is 37.4. The van der Waals surface area contributed by atoms with Gasteiger partial charge in [0, 0.05) is 44.3 Å². The SMILES string of the molecule is C\C=c1/c(=C\C=C\c2ccc(N(c3ccc(C4=CCCC=C4)cc3)c3ccc4c(c3)C(C)(C)c3ccc#cc3-4)cc2)n(C2=CCC=CC=C2)c2ccccc12. The lowest BCUT2D eigenvalue weighted by molar-refractivity contribution is 0.660. The van der Waals surface area contributed by atoms with Crippen LogP contribution in [0.5, 0.6) is 0 Å². The van der Waals surface area contributed by atoms with Gasteiger partial charge in [0.05, 0.1) is 10.9 Å². The minimum absolute atomic E-state index is 0.131. The molecule has 0 bridgehead atoms. The summed E-state index contributed by atoms with van der Waals surface area (Å²) in [6, 6.07) is 44.3. The summed E-state index contributed by atoms with van der Waals surface area (Å²) in [6.07, 6.45) is 29.8. The summed E-state index contributed by atoms with van der Waals surface area (Å²) >= 11 is 0. The molecule has 0 saturated carbocycles. The maximum absolute atomic E-state index is 3.41. The molecule has 2 heteroatoms. The van der Waals surface area contributed by atoms with E-state index in [0.717, 1.165) is 47.5 Å². The fraction of sp³-hybridized carbons (Fsp3) is 0.132. The van der Waals surface area contributed by atoms with E-state index in [-0.39, 0.29) is 5.41 Å². The molecule has 1 heterocycles. The van der Waals surface area contributed by atoms with Gasteiger partial charge in [-0.2, -0.15) is 0 Å². The van der Waals surface area contributed by atoms with Gasteiger partial charge in [-0.05, 0) is 126 Å². The highest BCUT2D eigenvalue weighted by Gasteiger charge is 2.36. The Bertz CT molecular complexity index is 2740. The third-order valence-corrected chi connectivity index (χ3v) is 11.3. The number of para-hydroxylation sites is 1. The summed E-state index contributed by atoms with van der Waals surface area (Å²) in [5.41, 5.74) is 14.4. The second-order valence-electron chi connectivity index (χ2n) is 15.0. The normalized spacial score (nSPS) is 16.2. The third kappa shape index (κ3) is 6.23. The predicted octanol–water partition coefficient (Wildman–Crippen LogP) is 12.4. The number of rotatable bonds is 7. The van der Waals surface area contributed by atoms with Crippen LogP contribution in [0.2, 0.25) is 0 Å². The molecule has 0 amide bonds. The van der Waals surface area contributed by atoms with Crippen LogP contribution in [0.25, 0.3) is 51.5 Å². The standard InChI is InChI=1S/C53H44N2/c1-4-45-48-23-13-15-25-52(48)55(41-20-10-5-6-11-21-41)51(45)26-16-17-38-27-31-42(32-28-38)54(43-33-29-40(30-34-43)39-18-8-7-9-19-39)44-35-36-47-46-22-12-14-24-49(46)53(2,3)50(47)37-44/h4-6,8,10,13-21,23-37H,7,9,11H2,1-3H3/b17-16+,45-4-,51-26+. The minimum atomic E-state index is -0.131. The van der Waals surface area contributed by atoms with Gasteiger partial charge >= 0.3 is 0 Å². The van der Waals surface area contributed by atoms with Crippen LogP contribution < -0.4 is 15.5 Å². The monoisotopic (exact) mass is 708 g/mol. The lowest BCUT2D eigenvalue weighted by Gasteiger charge is -2.28. The molecule has 3 aliphatic rings. The van der Waals surface area contributed by atoms with E-state index in [2.05, 4.69) is 212 Å². The van der Waals surface area contributed by atoms with Crippen LogP contribution in [-0.2, 0) is 5.41 Å². The second-order valence-corrected chi connectivity index (χ2v) is 15.0. The highest BCUT2D eigenvalue weighted by atomic mass is 15.1. The van der Waals surface area contributed by atoms with E-state index in [4.69, 9.17) is 0 Å². The molecule has 2 nitrogen and oxygen atoms in total. The largest absolute Gasteiger partial charge is 0.310 e. The molecule has 0 unspecified atom stereocenters. The average Bonchev–Trinajstić information content (AvgIpc) is 3.48. The molecule has 5 aromatic carbocycles. The Hall–Kier alpha value is -6.56. The molecule has 1 aromatic heterocycles. The van der Waals surface area contributed by atoms with Gasteiger partial charge in [-0.3, -0.25) is 0 Å². The Morgan fingerprint density at radius 2 is 1.56 bits per heavy atom. The van der Waals surface area contributed by atoms with Gasteiger partial charge in [-0.1, -0.05) is 135 Å². The summed E-state index contributed by atoms with van der Waals surface area (Å²) < 4.78 is 2.39. The quantitative estimate of drug-likeness (QED) is 0.160. The second kappa shape index (κ2) is 14.3. The van der Waals surface area contributed by atoms with E-state index >= 15 is 0 Å². The summed E-state index contributed by atoms with van der Waals surface area (Å²) in [4.78, 5) is 2.38. The van der Waals surface area contributed by atoms with E-state index in [0.29, 0.717) is 0 Å². The molecule has 9 rings (SSSR count). The smallest absolute Gasteiger partial charge is 0.0540 e. The molecule has 0 radical (unpaired) electrons. The van der Waals surface area contributed by atoms with Crippen molar-refractivity contribution >= 4 is 57.5 Å². The Morgan fingerprint density at radius 1 is 0.764 bits per heavy atom. The van der Waals surface area contributed by atoms with Gasteiger partial charge < -0.3 is 9.47 Å². The fourth-order valence-electron chi connectivity index (χ4n) is 8.50. The summed E-state index contributed by atoms with van der Waals surface area (Å²) in [6.45, 7) is 6.77. The van der Waals surface area contributed by atoms with E-state index in [1.807, 2.05) is 6.07 Å². The van der Waals surface area contributed by atoms with Crippen molar-refractivity contribution in [3.05, 3.63) is 203 Å². The molecule has 0 fully saturated rings. The summed E-state index contributed by atoms with van der Waals surface area (Å²) in [7, 11) is 0. The lowest BCUT2D eigenvalue weighted by Crippen LogP contribution is -2.28. The third-order valence-electron chi connectivity index (χ3n) is 11.3. The van der Waals surface area contributed by atoms with Crippen molar-refractivity contribution in [2.24, 2.45) is 0 Å². The van der Waals surface area contributed by atoms with Crippen molar-refractivity contribution in [2.45, 2.75) is 45.4 Å². The van der Waals surface area contributed by atoms with Gasteiger partial charge in [0.15, 0.2) is 0 Å². The number of anilines is 3. The number of hydrogen-bond acceptors (Lipinski definition) is 1. The predicted molar refractivity (Wildman–Crippen MR) is 235 cm³/mol. The van der Waals surface area contributed by atoms with Gasteiger partial charge in [0.2, 0.25) is 0 Å². The lowest BCUT2D eigenvalue weighted by atomic mass is 9.82. The molecule has 266 valence electrons. The Morgan fingerprint density at radius 3 is 2.36 bits per heavy atom. The zero-order valence-electron chi connectivity index (χ0n) is 31.8. The van der Waals surface area contributed by atoms with E-state index < -0.39 is 0 Å². The first-order chi connectivity index (χ1) is 27.0. The molecule has 0 saturated heterocycles. The van der Waals surface area contributed by atoms with Gasteiger partial charge in [-0.25, -0.2) is 0 Å². The number of aromatic nitrogens is 1. The van der Waals surface area contributed by atoms with Crippen molar-refractivity contribution in [1.29, 1.82) is 0 Å². The number of allylic oxidation sites excluding steroid dienone is 11. The molecular weight excluding hydrogens is 665 g/mol. The Labute approximate surface area is 325 Å². The van der Waals surface area contributed by atoms with Gasteiger partial charge in [-0.15, -0.1) is 0 Å². The molecule has 0 N–H and O–H groups in total. The molecule has 6 aromatic rings. The summed E-state index contributed by atoms with van der Waals surface area (Å²) in [5.74, 6) is 0. The maximum atomic E-state index is 3.41. The van der Waals surface area contributed by atoms with Crippen molar-refractivity contribution in [3.8, 4) is 11.1 Å². The van der Waals surface area contributed by atoms with Gasteiger partial charge in [0.25, 0.3) is 0 Å². The van der Waals surface area contributed by atoms with Crippen LogP contribution in [0.4, 0.5) is 17.1 Å². The van der Waals surface area contributed by atoms with Crippen molar-refractivity contribution in [3.63, 3.8) is 0 Å². The van der Waals surface area contributed by atoms with Crippen LogP contribution in [0, 0.1) is 12.1 Å². The first-order valence-electron chi connectivity index (χ1n) is 19.4. The number of benzene rings is 4. The summed E-state index contributed by atoms with van der Waals surface area (Å²) in [5, 5.41) is 3.69. The highest BCUT2D eigenvalue weighted by molar-refractivity contribution is 5.88. The highest BCUT2D eigenvalue weighted by Crippen LogP contribution is 2.50. The fourth-order valence-corrected chi connectivity index (χ4v) is 8.50. The molecule has 55 heavy (non-hydrogen) atoms. The van der Waals surface area contributed by atoms with E-state index in [1.165, 1.54) is 55.0 Å². The topological polar surface area (TPSA) is 8.17 Å². The number of hydrogen-bond donors (Lipinski definition) is 0. The van der Waals surface area contributed by atoms with E-state index in [9.17, 15) is 0 Å². The Balaban J connectivity index is 1.09. The van der Waals surface area contributed by atoms with Crippen LogP contribution in [0.1, 0.15) is 62.3 Å². The van der Waals surface area contributed by atoms with Crippen LogP contribution in [0.15, 0.2) is 158 Å². The van der Waals surface area contributed by atoms with Crippen LogP contribution in [-0.4, -0.2) is 4.57 Å². The number of nitrogens with zero attached hydrogens (tertiary/aromatic N) is 2. The maximum Gasteiger partial charge on any atom is 0.0540 e. The molecule has 0 atom stereocenters. The van der Waals surface area contributed by atoms with E-state index in [1.54, 1.807) is 0 Å². The van der Waals surface area contributed by atoms with Crippen LogP contribution in [0.3, 0.4) is 0 Å². The van der Waals surface area contributed by atoms with Crippen molar-refractivity contribution in [2.75, 3.05) is 4.90 Å². The van der Waals surface area contributed by atoms with Crippen molar-refractivity contribution in [1.82, 2.24) is 4.57 Å². The molecule has 0 spiro atoms. The first kappa shape index (κ1) is 34.2. The average molecular weight is 709 g/mol. The first-order valence-corrected chi connectivity index (χ1v) is 19.4. The molecule has 0 aliphatic heterocycles. The van der Waals surface area contributed by atoms with Crippen molar-refractivity contribution < 1.29 is 0 Å².